The van der Waals surface area contributed by atoms with Gasteiger partial charge in [-0.05, 0) is 23.6 Å². The maximum atomic E-state index is 5.43. The summed E-state index contributed by atoms with van der Waals surface area (Å²) in [5.74, 6) is 1.69. The van der Waals surface area contributed by atoms with E-state index in [-0.39, 0.29) is 0 Å². The van der Waals surface area contributed by atoms with E-state index in [4.69, 9.17) is 4.52 Å². The van der Waals surface area contributed by atoms with Gasteiger partial charge in [0.05, 0.1) is 12.2 Å². The topological polar surface area (TPSA) is 80.3 Å². The molecule has 0 aliphatic carbocycles. The van der Waals surface area contributed by atoms with Crippen molar-refractivity contribution in [1.29, 1.82) is 0 Å². The Morgan fingerprint density at radius 2 is 1.93 bits per heavy atom. The van der Waals surface area contributed by atoms with E-state index in [0.717, 1.165) is 42.4 Å². The fourth-order valence-corrected chi connectivity index (χ4v) is 3.14. The molecular formula is C21H28N6O. The second-order valence-corrected chi connectivity index (χ2v) is 6.54. The highest BCUT2D eigenvalue weighted by Crippen LogP contribution is 2.15. The van der Waals surface area contributed by atoms with Crippen LogP contribution in [0.3, 0.4) is 0 Å². The molecule has 2 heterocycles. The first kappa shape index (κ1) is 19.7. The number of hydrogen-bond donors (Lipinski definition) is 2. The third-order valence-electron chi connectivity index (χ3n) is 4.62. The Labute approximate surface area is 165 Å². The molecule has 3 aromatic rings. The van der Waals surface area contributed by atoms with Crippen LogP contribution in [0.4, 0.5) is 0 Å². The monoisotopic (exact) mass is 380 g/mol. The lowest BCUT2D eigenvalue weighted by Gasteiger charge is -2.13. The normalized spacial score (nSPS) is 11.6. The Balaban J connectivity index is 1.56. The van der Waals surface area contributed by atoms with Gasteiger partial charge in [-0.15, -0.1) is 0 Å². The van der Waals surface area contributed by atoms with Crippen LogP contribution in [0.25, 0.3) is 0 Å². The first-order chi connectivity index (χ1) is 13.7. The van der Waals surface area contributed by atoms with Crippen LogP contribution < -0.4 is 10.6 Å². The predicted octanol–water partition coefficient (Wildman–Crippen LogP) is 2.91. The largest absolute Gasteiger partial charge is 0.361 e. The van der Waals surface area contributed by atoms with Crippen molar-refractivity contribution in [3.05, 3.63) is 70.9 Å². The quantitative estimate of drug-likeness (QED) is 0.464. The van der Waals surface area contributed by atoms with E-state index >= 15 is 0 Å². The molecule has 0 saturated heterocycles. The van der Waals surface area contributed by atoms with E-state index in [1.807, 2.05) is 16.9 Å². The first-order valence-electron chi connectivity index (χ1n) is 9.69. The third kappa shape index (κ3) is 5.00. The van der Waals surface area contributed by atoms with Crippen molar-refractivity contribution in [2.75, 3.05) is 7.05 Å². The SMILES string of the molecule is CCc1noc(CC)c1CNC(=NC)NCc1cccc(Cn2cccn2)c1. The summed E-state index contributed by atoms with van der Waals surface area (Å²) in [5.41, 5.74) is 4.55. The number of aromatic nitrogens is 3. The molecule has 0 atom stereocenters. The molecule has 2 N–H and O–H groups in total. The molecule has 7 nitrogen and oxygen atoms in total. The van der Waals surface area contributed by atoms with Crippen LogP contribution in [0, 0.1) is 0 Å². The highest BCUT2D eigenvalue weighted by Gasteiger charge is 2.13. The van der Waals surface area contributed by atoms with Crippen LogP contribution in [0.15, 0.2) is 52.2 Å². The standard InChI is InChI=1S/C21H28N6O/c1-4-19-18(20(5-2)28-26-19)14-24-21(22-3)23-13-16-8-6-9-17(12-16)15-27-11-7-10-25-27/h6-12H,4-5,13-15H2,1-3H3,(H2,22,23,24). The zero-order valence-corrected chi connectivity index (χ0v) is 16.8. The van der Waals surface area contributed by atoms with Crippen LogP contribution in [0.5, 0.6) is 0 Å². The summed E-state index contributed by atoms with van der Waals surface area (Å²) in [4.78, 5) is 4.33. The summed E-state index contributed by atoms with van der Waals surface area (Å²) in [6.07, 6.45) is 5.45. The second-order valence-electron chi connectivity index (χ2n) is 6.54. The van der Waals surface area contributed by atoms with Crippen LogP contribution in [0.2, 0.25) is 0 Å². The lowest BCUT2D eigenvalue weighted by molar-refractivity contribution is 0.380. The van der Waals surface area contributed by atoms with E-state index in [2.05, 4.69) is 64.0 Å². The second kappa shape index (κ2) is 9.73. The number of nitrogens with zero attached hydrogens (tertiary/aromatic N) is 4. The molecule has 0 fully saturated rings. The van der Waals surface area contributed by atoms with E-state index in [1.54, 1.807) is 13.2 Å². The van der Waals surface area contributed by atoms with Crippen molar-refractivity contribution in [3.8, 4) is 0 Å². The number of benzene rings is 1. The lowest BCUT2D eigenvalue weighted by Crippen LogP contribution is -2.36. The molecule has 28 heavy (non-hydrogen) atoms. The Morgan fingerprint density at radius 1 is 1.11 bits per heavy atom. The lowest BCUT2D eigenvalue weighted by atomic mass is 10.1. The molecular weight excluding hydrogens is 352 g/mol. The van der Waals surface area contributed by atoms with Gasteiger partial charge in [0, 0.05) is 44.5 Å². The predicted molar refractivity (Wildman–Crippen MR) is 110 cm³/mol. The van der Waals surface area contributed by atoms with Gasteiger partial charge < -0.3 is 15.2 Å². The molecule has 2 aromatic heterocycles. The minimum Gasteiger partial charge on any atom is -0.361 e. The molecule has 0 bridgehead atoms. The Morgan fingerprint density at radius 3 is 2.64 bits per heavy atom. The van der Waals surface area contributed by atoms with Gasteiger partial charge in [0.1, 0.15) is 5.76 Å². The average Bonchev–Trinajstić information content (AvgIpc) is 3.37. The molecule has 0 radical (unpaired) electrons. The van der Waals surface area contributed by atoms with Gasteiger partial charge in [-0.2, -0.15) is 5.10 Å². The minimum atomic E-state index is 0.648. The zero-order valence-electron chi connectivity index (χ0n) is 16.8. The molecule has 0 aliphatic rings. The number of rotatable bonds is 8. The molecule has 0 aliphatic heterocycles. The van der Waals surface area contributed by atoms with Gasteiger partial charge >= 0.3 is 0 Å². The fraction of sp³-hybridized carbons (Fsp3) is 0.381. The van der Waals surface area contributed by atoms with Gasteiger partial charge in [0.15, 0.2) is 5.96 Å². The molecule has 0 saturated carbocycles. The Bertz CT molecular complexity index is 876. The summed E-state index contributed by atoms with van der Waals surface area (Å²) >= 11 is 0. The van der Waals surface area contributed by atoms with Crippen molar-refractivity contribution in [1.82, 2.24) is 25.6 Å². The van der Waals surface area contributed by atoms with E-state index < -0.39 is 0 Å². The summed E-state index contributed by atoms with van der Waals surface area (Å²) in [6.45, 7) is 6.27. The number of aryl methyl sites for hydroxylation is 2. The molecule has 3 rings (SSSR count). The van der Waals surface area contributed by atoms with Crippen molar-refractivity contribution in [2.24, 2.45) is 4.99 Å². The van der Waals surface area contributed by atoms with Gasteiger partial charge in [0.25, 0.3) is 0 Å². The van der Waals surface area contributed by atoms with Crippen molar-refractivity contribution in [2.45, 2.75) is 46.3 Å². The maximum Gasteiger partial charge on any atom is 0.191 e. The molecule has 0 spiro atoms. The first-order valence-corrected chi connectivity index (χ1v) is 9.69. The third-order valence-corrected chi connectivity index (χ3v) is 4.62. The van der Waals surface area contributed by atoms with Gasteiger partial charge in [0.2, 0.25) is 0 Å². The van der Waals surface area contributed by atoms with E-state index in [9.17, 15) is 0 Å². The molecule has 1 aromatic carbocycles. The van der Waals surface area contributed by atoms with Crippen molar-refractivity contribution < 1.29 is 4.52 Å². The number of hydrogen-bond acceptors (Lipinski definition) is 4. The summed E-state index contributed by atoms with van der Waals surface area (Å²) in [5, 5.41) is 15.2. The molecule has 7 heteroatoms. The zero-order chi connectivity index (χ0) is 19.8. The minimum absolute atomic E-state index is 0.648. The maximum absolute atomic E-state index is 5.43. The fourth-order valence-electron chi connectivity index (χ4n) is 3.14. The van der Waals surface area contributed by atoms with Crippen LogP contribution in [-0.4, -0.2) is 27.9 Å². The summed E-state index contributed by atoms with van der Waals surface area (Å²) in [7, 11) is 1.78. The van der Waals surface area contributed by atoms with Gasteiger partial charge in [-0.1, -0.05) is 43.3 Å². The van der Waals surface area contributed by atoms with E-state index in [1.165, 1.54) is 11.1 Å². The average molecular weight is 380 g/mol. The van der Waals surface area contributed by atoms with Crippen LogP contribution >= 0.6 is 0 Å². The Kier molecular flexibility index (Phi) is 6.84. The number of aliphatic imine (C=N–C) groups is 1. The number of nitrogens with one attached hydrogen (secondary N) is 2. The van der Waals surface area contributed by atoms with Crippen LogP contribution in [-0.2, 0) is 32.5 Å². The molecule has 148 valence electrons. The summed E-state index contributed by atoms with van der Waals surface area (Å²) < 4.78 is 7.35. The summed E-state index contributed by atoms with van der Waals surface area (Å²) in [6, 6.07) is 10.4. The smallest absolute Gasteiger partial charge is 0.191 e. The highest BCUT2D eigenvalue weighted by molar-refractivity contribution is 5.79. The highest BCUT2D eigenvalue weighted by atomic mass is 16.5. The van der Waals surface area contributed by atoms with E-state index in [0.29, 0.717) is 13.1 Å². The van der Waals surface area contributed by atoms with Crippen LogP contribution in [0.1, 0.15) is 42.0 Å². The molecule has 0 unspecified atom stereocenters. The Hall–Kier alpha value is -3.09. The van der Waals surface area contributed by atoms with Gasteiger partial charge in [-0.25, -0.2) is 0 Å². The van der Waals surface area contributed by atoms with Crippen molar-refractivity contribution in [3.63, 3.8) is 0 Å². The molecule has 0 amide bonds. The van der Waals surface area contributed by atoms with Crippen molar-refractivity contribution >= 4 is 5.96 Å². The van der Waals surface area contributed by atoms with Gasteiger partial charge in [-0.3, -0.25) is 9.67 Å². The number of guanidine groups is 1.